The van der Waals surface area contributed by atoms with Crippen molar-refractivity contribution in [2.75, 3.05) is 13.1 Å². The number of hydrogen-bond donors (Lipinski definition) is 2. The van der Waals surface area contributed by atoms with E-state index >= 15 is 0 Å². The normalized spacial score (nSPS) is 18.2. The van der Waals surface area contributed by atoms with Gasteiger partial charge in [-0.15, -0.1) is 5.10 Å². The SMILES string of the molecule is CC(C)[C@H](CC(=O)CCCCc1nnnn1C(C)(C)c1ccccc1)C(=O)N[C@H](C(=O)N1C[C@H](OC(=O)N2CCc3ccccc3C2)C[C@H]1C(=O)O)C(C)C. The molecule has 0 bridgehead atoms. The zero-order valence-electron chi connectivity index (χ0n) is 32.8. The first-order valence-corrected chi connectivity index (χ1v) is 19.4. The fraction of sp³-hybridized carbons (Fsp3) is 0.561. The molecule has 0 aliphatic carbocycles. The van der Waals surface area contributed by atoms with Crippen LogP contribution in [0.15, 0.2) is 54.6 Å². The minimum Gasteiger partial charge on any atom is -0.480 e. The van der Waals surface area contributed by atoms with Crippen molar-refractivity contribution < 1.29 is 33.8 Å². The average molecular weight is 758 g/mol. The first kappa shape index (κ1) is 41.0. The Hall–Kier alpha value is -5.14. The highest BCUT2D eigenvalue weighted by Gasteiger charge is 2.45. The molecule has 2 aromatic carbocycles. The molecule has 1 saturated heterocycles. The second kappa shape index (κ2) is 18.0. The van der Waals surface area contributed by atoms with Gasteiger partial charge < -0.3 is 25.0 Å². The lowest BCUT2D eigenvalue weighted by Crippen LogP contribution is -2.55. The summed E-state index contributed by atoms with van der Waals surface area (Å²) in [5.41, 5.74) is 2.83. The fourth-order valence-electron chi connectivity index (χ4n) is 7.53. The van der Waals surface area contributed by atoms with Crippen molar-refractivity contribution in [3.8, 4) is 0 Å². The molecule has 55 heavy (non-hydrogen) atoms. The average Bonchev–Trinajstić information content (AvgIpc) is 3.82. The van der Waals surface area contributed by atoms with E-state index in [1.807, 2.05) is 73.1 Å². The van der Waals surface area contributed by atoms with Gasteiger partial charge in [-0.25, -0.2) is 14.3 Å². The van der Waals surface area contributed by atoms with Crippen molar-refractivity contribution in [1.29, 1.82) is 0 Å². The van der Waals surface area contributed by atoms with E-state index in [1.165, 1.54) is 10.5 Å². The highest BCUT2D eigenvalue weighted by Crippen LogP contribution is 2.28. The molecule has 3 aromatic rings. The van der Waals surface area contributed by atoms with Crippen molar-refractivity contribution in [2.45, 2.75) is 117 Å². The van der Waals surface area contributed by atoms with Gasteiger partial charge in [-0.1, -0.05) is 82.3 Å². The van der Waals surface area contributed by atoms with Crippen LogP contribution >= 0.6 is 0 Å². The monoisotopic (exact) mass is 757 g/mol. The first-order valence-electron chi connectivity index (χ1n) is 19.4. The van der Waals surface area contributed by atoms with Gasteiger partial charge in [0.25, 0.3) is 0 Å². The number of carboxylic acids is 1. The Morgan fingerprint density at radius 3 is 2.31 bits per heavy atom. The van der Waals surface area contributed by atoms with Gasteiger partial charge in [-0.05, 0) is 72.1 Å². The number of benzene rings is 2. The van der Waals surface area contributed by atoms with E-state index in [9.17, 15) is 29.1 Å². The molecule has 296 valence electrons. The Labute approximate surface area is 323 Å². The van der Waals surface area contributed by atoms with Gasteiger partial charge in [0, 0.05) is 44.7 Å². The number of rotatable bonds is 16. The van der Waals surface area contributed by atoms with Crippen LogP contribution in [-0.4, -0.2) is 96.1 Å². The van der Waals surface area contributed by atoms with Gasteiger partial charge in [-0.3, -0.25) is 14.4 Å². The number of hydrogen-bond acceptors (Lipinski definition) is 9. The maximum absolute atomic E-state index is 14.0. The third-order valence-electron chi connectivity index (χ3n) is 11.0. The molecule has 0 spiro atoms. The van der Waals surface area contributed by atoms with Gasteiger partial charge in [0.15, 0.2) is 5.82 Å². The number of aryl methyl sites for hydroxylation is 1. The van der Waals surface area contributed by atoms with Crippen LogP contribution in [0.5, 0.6) is 0 Å². The van der Waals surface area contributed by atoms with Crippen LogP contribution in [0.25, 0.3) is 0 Å². The maximum Gasteiger partial charge on any atom is 0.410 e. The minimum absolute atomic E-state index is 0.0156. The number of carboxylic acid groups (broad SMARTS) is 1. The second-order valence-electron chi connectivity index (χ2n) is 16.0. The van der Waals surface area contributed by atoms with Crippen molar-refractivity contribution in [2.24, 2.45) is 17.8 Å². The number of nitrogens with one attached hydrogen (secondary N) is 1. The van der Waals surface area contributed by atoms with Crippen molar-refractivity contribution in [3.63, 3.8) is 0 Å². The molecule has 5 rings (SSSR count). The molecule has 0 unspecified atom stereocenters. The van der Waals surface area contributed by atoms with E-state index in [2.05, 4.69) is 34.7 Å². The molecule has 1 fully saturated rings. The van der Waals surface area contributed by atoms with Crippen LogP contribution in [-0.2, 0) is 48.8 Å². The van der Waals surface area contributed by atoms with Crippen LogP contribution in [0.2, 0.25) is 0 Å². The predicted molar refractivity (Wildman–Crippen MR) is 204 cm³/mol. The van der Waals surface area contributed by atoms with Gasteiger partial charge in [0.05, 0.1) is 12.1 Å². The molecular weight excluding hydrogens is 702 g/mol. The summed E-state index contributed by atoms with van der Waals surface area (Å²) >= 11 is 0. The Kier molecular flexibility index (Phi) is 13.4. The number of tetrazole rings is 1. The number of fused-ring (bicyclic) bond motifs is 1. The van der Waals surface area contributed by atoms with E-state index in [0.29, 0.717) is 38.8 Å². The van der Waals surface area contributed by atoms with E-state index in [1.54, 1.807) is 18.7 Å². The van der Waals surface area contributed by atoms with Gasteiger partial charge in [0.1, 0.15) is 24.0 Å². The molecule has 14 heteroatoms. The molecule has 3 amide bonds. The Morgan fingerprint density at radius 1 is 0.945 bits per heavy atom. The van der Waals surface area contributed by atoms with Crippen molar-refractivity contribution in [1.82, 2.24) is 35.3 Å². The first-order chi connectivity index (χ1) is 26.2. The Morgan fingerprint density at radius 2 is 1.64 bits per heavy atom. The lowest BCUT2D eigenvalue weighted by atomic mass is 9.88. The van der Waals surface area contributed by atoms with Crippen LogP contribution in [0.3, 0.4) is 0 Å². The molecule has 0 radical (unpaired) electrons. The van der Waals surface area contributed by atoms with Crippen molar-refractivity contribution >= 4 is 29.7 Å². The van der Waals surface area contributed by atoms with E-state index < -0.39 is 53.5 Å². The number of amides is 3. The summed E-state index contributed by atoms with van der Waals surface area (Å²) in [5.74, 6) is -2.80. The fourth-order valence-corrected chi connectivity index (χ4v) is 7.53. The Balaban J connectivity index is 1.14. The van der Waals surface area contributed by atoms with E-state index in [0.717, 1.165) is 17.0 Å². The maximum atomic E-state index is 14.0. The standard InChI is InChI=1S/C41H55N7O7/c1-26(2)33(22-31(49)18-12-13-19-35-43-44-45-48(35)41(5,6)30-16-8-7-9-17-30)37(50)42-36(27(3)4)38(51)47-25-32(23-34(47)39(52)53)55-40(54)46-21-20-28-14-10-11-15-29(28)24-46/h7-11,14-17,26-27,32-34,36H,12-13,18-25H2,1-6H3,(H,42,50)(H,52,53)/t32-,33+,34+,36+/m1/s1. The number of carbonyl (C=O) groups is 5. The number of aromatic nitrogens is 4. The molecule has 4 atom stereocenters. The van der Waals surface area contributed by atoms with E-state index in [-0.39, 0.29) is 43.4 Å². The summed E-state index contributed by atoms with van der Waals surface area (Å²) < 4.78 is 7.57. The lowest BCUT2D eigenvalue weighted by molar-refractivity contribution is -0.150. The van der Waals surface area contributed by atoms with Gasteiger partial charge in [0.2, 0.25) is 11.8 Å². The predicted octanol–water partition coefficient (Wildman–Crippen LogP) is 4.79. The molecule has 1 aromatic heterocycles. The number of likely N-dealkylation sites (tertiary alicyclic amines) is 1. The quantitative estimate of drug-likeness (QED) is 0.193. The molecule has 2 aliphatic heterocycles. The Bertz CT molecular complexity index is 1830. The summed E-state index contributed by atoms with van der Waals surface area (Å²) in [6.07, 6.45) is 1.43. The summed E-state index contributed by atoms with van der Waals surface area (Å²) in [5, 5.41) is 25.3. The molecule has 14 nitrogen and oxygen atoms in total. The highest BCUT2D eigenvalue weighted by atomic mass is 16.6. The molecular formula is C41H55N7O7. The number of unbranched alkanes of at least 4 members (excludes halogenated alkanes) is 1. The summed E-state index contributed by atoms with van der Waals surface area (Å²) in [4.78, 5) is 69.2. The van der Waals surface area contributed by atoms with Crippen LogP contribution < -0.4 is 5.32 Å². The van der Waals surface area contributed by atoms with Gasteiger partial charge >= 0.3 is 12.1 Å². The van der Waals surface area contributed by atoms with Crippen LogP contribution in [0.4, 0.5) is 4.79 Å². The van der Waals surface area contributed by atoms with E-state index in [4.69, 9.17) is 4.74 Å². The molecule has 3 heterocycles. The number of Topliss-reactive ketones (excluding diaryl/α,β-unsaturated/α-hetero) is 1. The number of carbonyl (C=O) groups excluding carboxylic acids is 4. The number of ether oxygens (including phenoxy) is 1. The lowest BCUT2D eigenvalue weighted by Gasteiger charge is -2.31. The number of nitrogens with zero attached hydrogens (tertiary/aromatic N) is 6. The summed E-state index contributed by atoms with van der Waals surface area (Å²) in [7, 11) is 0. The largest absolute Gasteiger partial charge is 0.480 e. The number of ketones is 1. The molecule has 0 saturated carbocycles. The smallest absolute Gasteiger partial charge is 0.410 e. The zero-order chi connectivity index (χ0) is 39.9. The minimum atomic E-state index is -1.22. The van der Waals surface area contributed by atoms with Gasteiger partial charge in [-0.2, -0.15) is 0 Å². The summed E-state index contributed by atoms with van der Waals surface area (Å²) in [6, 6.07) is 15.6. The third kappa shape index (κ3) is 9.95. The molecule has 2 N–H and O–H groups in total. The second-order valence-corrected chi connectivity index (χ2v) is 16.0. The zero-order valence-corrected chi connectivity index (χ0v) is 32.8. The summed E-state index contributed by atoms with van der Waals surface area (Å²) in [6.45, 7) is 12.1. The highest BCUT2D eigenvalue weighted by molar-refractivity contribution is 5.93. The van der Waals surface area contributed by atoms with Crippen molar-refractivity contribution in [3.05, 3.63) is 77.1 Å². The topological polar surface area (TPSA) is 177 Å². The molecule has 2 aliphatic rings. The third-order valence-corrected chi connectivity index (χ3v) is 11.0. The van der Waals surface area contributed by atoms with Crippen LogP contribution in [0, 0.1) is 17.8 Å². The van der Waals surface area contributed by atoms with Crippen LogP contribution in [0.1, 0.15) is 96.2 Å². The number of aliphatic carboxylic acids is 1.